The summed E-state index contributed by atoms with van der Waals surface area (Å²) in [6.45, 7) is 3.79. The standard InChI is InChI=1S/C25H40N8O4/c1-33(2)24(34)19-10-6-11-20(18-19)31-32-21-22(26-12-7-15-35-3)29-25(28-14-9-17-37-5)30-23(21)27-13-8-16-36-4/h6,10-11,18H,7-9,12-17H2,1-5H3,(H3,26,27,28,29,30). The lowest BCUT2D eigenvalue weighted by atomic mass is 10.2. The Morgan fingerprint density at radius 3 is 1.89 bits per heavy atom. The Morgan fingerprint density at radius 1 is 0.838 bits per heavy atom. The van der Waals surface area contributed by atoms with E-state index in [0.29, 0.717) is 74.0 Å². The third kappa shape index (κ3) is 10.7. The van der Waals surface area contributed by atoms with E-state index < -0.39 is 0 Å². The summed E-state index contributed by atoms with van der Waals surface area (Å²) in [5.74, 6) is 1.44. The van der Waals surface area contributed by atoms with E-state index in [2.05, 4.69) is 36.1 Å². The van der Waals surface area contributed by atoms with E-state index in [1.165, 1.54) is 4.90 Å². The van der Waals surface area contributed by atoms with E-state index in [-0.39, 0.29) is 5.91 Å². The van der Waals surface area contributed by atoms with Crippen molar-refractivity contribution >= 4 is 34.9 Å². The number of aromatic nitrogens is 2. The van der Waals surface area contributed by atoms with Crippen molar-refractivity contribution in [1.29, 1.82) is 0 Å². The number of methoxy groups -OCH3 is 3. The minimum absolute atomic E-state index is 0.106. The van der Waals surface area contributed by atoms with Gasteiger partial charge in [-0.15, -0.1) is 5.11 Å². The highest BCUT2D eigenvalue weighted by molar-refractivity contribution is 5.94. The molecular formula is C25H40N8O4. The average Bonchev–Trinajstić information content (AvgIpc) is 2.90. The molecule has 0 radical (unpaired) electrons. The summed E-state index contributed by atoms with van der Waals surface area (Å²) in [4.78, 5) is 23.2. The molecule has 0 spiro atoms. The predicted octanol–water partition coefficient (Wildman–Crippen LogP) is 3.94. The zero-order valence-corrected chi connectivity index (χ0v) is 22.5. The van der Waals surface area contributed by atoms with E-state index in [4.69, 9.17) is 14.2 Å². The Bertz CT molecular complexity index is 954. The van der Waals surface area contributed by atoms with Gasteiger partial charge in [-0.1, -0.05) is 6.07 Å². The van der Waals surface area contributed by atoms with Crippen LogP contribution in [0.1, 0.15) is 29.6 Å². The second kappa shape index (κ2) is 17.2. The molecule has 0 aliphatic heterocycles. The number of amides is 1. The van der Waals surface area contributed by atoms with Crippen molar-refractivity contribution in [2.75, 3.05) is 90.8 Å². The maximum Gasteiger partial charge on any atom is 0.253 e. The average molecular weight is 517 g/mol. The molecular weight excluding hydrogens is 476 g/mol. The van der Waals surface area contributed by atoms with Gasteiger partial charge < -0.3 is 35.1 Å². The molecule has 1 heterocycles. The smallest absolute Gasteiger partial charge is 0.253 e. The molecule has 37 heavy (non-hydrogen) atoms. The van der Waals surface area contributed by atoms with Crippen LogP contribution in [0.25, 0.3) is 0 Å². The van der Waals surface area contributed by atoms with Crippen LogP contribution in [-0.2, 0) is 14.2 Å². The van der Waals surface area contributed by atoms with Gasteiger partial charge in [0, 0.05) is 80.4 Å². The summed E-state index contributed by atoms with van der Waals surface area (Å²) in [5.41, 5.74) is 1.55. The first-order valence-corrected chi connectivity index (χ1v) is 12.3. The van der Waals surface area contributed by atoms with E-state index in [9.17, 15) is 4.79 Å². The summed E-state index contributed by atoms with van der Waals surface area (Å²) >= 11 is 0. The third-order valence-corrected chi connectivity index (χ3v) is 5.09. The van der Waals surface area contributed by atoms with E-state index in [1.807, 2.05) is 0 Å². The number of carbonyl (C=O) groups is 1. The highest BCUT2D eigenvalue weighted by Crippen LogP contribution is 2.34. The SMILES string of the molecule is COCCCNc1nc(NCCCOC)c(N=Nc2cccc(C(=O)N(C)C)c2)c(NCCCOC)n1. The van der Waals surface area contributed by atoms with Crippen LogP contribution in [0.5, 0.6) is 0 Å². The van der Waals surface area contributed by atoms with E-state index >= 15 is 0 Å². The van der Waals surface area contributed by atoms with Gasteiger partial charge in [0.2, 0.25) is 5.95 Å². The predicted molar refractivity (Wildman–Crippen MR) is 146 cm³/mol. The molecule has 2 rings (SSSR count). The normalized spacial score (nSPS) is 11.1. The number of azo groups is 1. The fourth-order valence-corrected chi connectivity index (χ4v) is 3.21. The minimum Gasteiger partial charge on any atom is -0.385 e. The van der Waals surface area contributed by atoms with Crippen LogP contribution in [0, 0.1) is 0 Å². The largest absolute Gasteiger partial charge is 0.385 e. The number of benzene rings is 1. The molecule has 0 saturated heterocycles. The van der Waals surface area contributed by atoms with E-state index in [1.54, 1.807) is 59.7 Å². The van der Waals surface area contributed by atoms with Gasteiger partial charge in [0.25, 0.3) is 5.91 Å². The second-order valence-electron chi connectivity index (χ2n) is 8.36. The van der Waals surface area contributed by atoms with Crippen molar-refractivity contribution in [1.82, 2.24) is 14.9 Å². The highest BCUT2D eigenvalue weighted by Gasteiger charge is 2.15. The molecule has 204 valence electrons. The number of anilines is 3. The number of hydrogen-bond donors (Lipinski definition) is 3. The first-order chi connectivity index (χ1) is 18.0. The molecule has 0 unspecified atom stereocenters. The molecule has 0 aliphatic carbocycles. The summed E-state index contributed by atoms with van der Waals surface area (Å²) in [7, 11) is 8.43. The first kappa shape index (κ1) is 29.9. The van der Waals surface area contributed by atoms with Gasteiger partial charge in [-0.25, -0.2) is 0 Å². The maximum atomic E-state index is 12.4. The van der Waals surface area contributed by atoms with Crippen molar-refractivity contribution < 1.29 is 19.0 Å². The molecule has 1 amide bonds. The lowest BCUT2D eigenvalue weighted by molar-refractivity contribution is 0.0827. The van der Waals surface area contributed by atoms with Crippen molar-refractivity contribution in [3.63, 3.8) is 0 Å². The van der Waals surface area contributed by atoms with Crippen LogP contribution in [0.3, 0.4) is 0 Å². The van der Waals surface area contributed by atoms with Gasteiger partial charge in [-0.2, -0.15) is 15.1 Å². The summed E-state index contributed by atoms with van der Waals surface area (Å²) in [6, 6.07) is 7.03. The quantitative estimate of drug-likeness (QED) is 0.199. The first-order valence-electron chi connectivity index (χ1n) is 12.3. The number of rotatable bonds is 18. The van der Waals surface area contributed by atoms with Crippen LogP contribution in [0.4, 0.5) is 29.0 Å². The molecule has 3 N–H and O–H groups in total. The van der Waals surface area contributed by atoms with Crippen molar-refractivity contribution in [3.05, 3.63) is 29.8 Å². The molecule has 12 nitrogen and oxygen atoms in total. The van der Waals surface area contributed by atoms with Gasteiger partial charge >= 0.3 is 0 Å². The summed E-state index contributed by atoms with van der Waals surface area (Å²) in [6.07, 6.45) is 2.40. The number of carbonyl (C=O) groups excluding carboxylic acids is 1. The molecule has 12 heteroatoms. The molecule has 0 aliphatic rings. The zero-order valence-electron chi connectivity index (χ0n) is 22.5. The van der Waals surface area contributed by atoms with Gasteiger partial charge in [0.05, 0.1) is 5.69 Å². The van der Waals surface area contributed by atoms with Crippen molar-refractivity contribution in [3.8, 4) is 0 Å². The minimum atomic E-state index is -0.106. The van der Waals surface area contributed by atoms with Gasteiger partial charge in [-0.05, 0) is 37.5 Å². The van der Waals surface area contributed by atoms with Crippen LogP contribution in [0.15, 0.2) is 34.5 Å². The number of nitrogens with zero attached hydrogens (tertiary/aromatic N) is 5. The van der Waals surface area contributed by atoms with Gasteiger partial charge in [-0.3, -0.25) is 4.79 Å². The molecule has 1 aromatic heterocycles. The van der Waals surface area contributed by atoms with Gasteiger partial charge in [0.15, 0.2) is 17.3 Å². The fourth-order valence-electron chi connectivity index (χ4n) is 3.21. The van der Waals surface area contributed by atoms with Crippen LogP contribution >= 0.6 is 0 Å². The second-order valence-corrected chi connectivity index (χ2v) is 8.36. The molecule has 2 aromatic rings. The Hall–Kier alpha value is -3.35. The Labute approximate surface area is 219 Å². The van der Waals surface area contributed by atoms with Crippen LogP contribution in [0.2, 0.25) is 0 Å². The number of nitrogens with one attached hydrogen (secondary N) is 3. The zero-order chi connectivity index (χ0) is 26.9. The Morgan fingerprint density at radius 2 is 1.38 bits per heavy atom. The lowest BCUT2D eigenvalue weighted by Crippen LogP contribution is -2.21. The summed E-state index contributed by atoms with van der Waals surface area (Å²) < 4.78 is 15.5. The molecule has 1 aromatic carbocycles. The fraction of sp³-hybridized carbons (Fsp3) is 0.560. The Balaban J connectivity index is 2.39. The maximum absolute atomic E-state index is 12.4. The van der Waals surface area contributed by atoms with Crippen molar-refractivity contribution in [2.45, 2.75) is 19.3 Å². The topological polar surface area (TPSA) is 135 Å². The Kier molecular flexibility index (Phi) is 13.9. The summed E-state index contributed by atoms with van der Waals surface area (Å²) in [5, 5.41) is 18.8. The molecule has 0 atom stereocenters. The lowest BCUT2D eigenvalue weighted by Gasteiger charge is -2.15. The number of ether oxygens (including phenoxy) is 3. The van der Waals surface area contributed by atoms with E-state index in [0.717, 1.165) is 19.3 Å². The molecule has 0 bridgehead atoms. The molecule has 0 saturated carbocycles. The van der Waals surface area contributed by atoms with Gasteiger partial charge in [0.1, 0.15) is 0 Å². The third-order valence-electron chi connectivity index (χ3n) is 5.09. The monoisotopic (exact) mass is 516 g/mol. The van der Waals surface area contributed by atoms with Crippen molar-refractivity contribution in [2.24, 2.45) is 10.2 Å². The number of hydrogen-bond acceptors (Lipinski definition) is 11. The van der Waals surface area contributed by atoms with Crippen LogP contribution < -0.4 is 16.0 Å². The highest BCUT2D eigenvalue weighted by atomic mass is 16.5. The van der Waals surface area contributed by atoms with Crippen LogP contribution in [-0.4, -0.2) is 95.7 Å². The molecule has 0 fully saturated rings.